The van der Waals surface area contributed by atoms with Crippen LogP contribution < -0.4 is 10.1 Å². The molecule has 3 rings (SSSR count). The molecule has 31 heavy (non-hydrogen) atoms. The maximum atomic E-state index is 12.9. The number of amides is 1. The monoisotopic (exact) mass is 432 g/mol. The van der Waals surface area contributed by atoms with Crippen molar-refractivity contribution < 1.29 is 19.0 Å². The van der Waals surface area contributed by atoms with Gasteiger partial charge in [-0.05, 0) is 75.3 Å². The Morgan fingerprint density at radius 3 is 2.68 bits per heavy atom. The molecule has 6 heteroatoms. The van der Waals surface area contributed by atoms with E-state index < -0.39 is 0 Å². The van der Waals surface area contributed by atoms with Gasteiger partial charge in [-0.1, -0.05) is 12.8 Å². The summed E-state index contributed by atoms with van der Waals surface area (Å²) in [5.74, 6) is 1.96. The van der Waals surface area contributed by atoms with Crippen molar-refractivity contribution in [3.8, 4) is 5.75 Å². The quantitative estimate of drug-likeness (QED) is 0.540. The molecule has 2 fully saturated rings. The first-order chi connectivity index (χ1) is 15.2. The Hall–Kier alpha value is -1.63. The van der Waals surface area contributed by atoms with E-state index in [0.29, 0.717) is 30.6 Å². The summed E-state index contributed by atoms with van der Waals surface area (Å²) in [4.78, 5) is 15.5. The molecule has 1 aliphatic carbocycles. The summed E-state index contributed by atoms with van der Waals surface area (Å²) < 4.78 is 16.3. The third-order valence-corrected chi connectivity index (χ3v) is 6.55. The fraction of sp³-hybridized carbons (Fsp3) is 0.720. The molecule has 174 valence electrons. The Morgan fingerprint density at radius 2 is 1.90 bits per heavy atom. The van der Waals surface area contributed by atoms with Crippen LogP contribution in [0.2, 0.25) is 0 Å². The number of rotatable bonds is 11. The molecule has 0 aromatic heterocycles. The summed E-state index contributed by atoms with van der Waals surface area (Å²) in [7, 11) is 1.65. The number of hydrogen-bond acceptors (Lipinski definition) is 5. The standard InChI is InChI=1S/C25H40N2O4/c1-3-30-19-20-7-6-14-27(17-20)18-22-8-4-5-9-24(22)26-25(28)21-10-12-23(13-11-21)31-16-15-29-2/h10-13,20,22,24H,3-9,14-19H2,1-2H3,(H,26,28)/t20-,22-,24+/m1/s1. The van der Waals surface area contributed by atoms with Crippen molar-refractivity contribution >= 4 is 5.91 Å². The highest BCUT2D eigenvalue weighted by Gasteiger charge is 2.30. The van der Waals surface area contributed by atoms with Gasteiger partial charge in [-0.15, -0.1) is 0 Å². The lowest BCUT2D eigenvalue weighted by molar-refractivity contribution is 0.0548. The van der Waals surface area contributed by atoms with Gasteiger partial charge >= 0.3 is 0 Å². The Balaban J connectivity index is 1.51. The van der Waals surface area contributed by atoms with Gasteiger partial charge in [0.1, 0.15) is 12.4 Å². The van der Waals surface area contributed by atoms with Gasteiger partial charge in [0.15, 0.2) is 0 Å². The predicted octanol–water partition coefficient (Wildman–Crippen LogP) is 3.75. The fourth-order valence-corrected chi connectivity index (χ4v) is 4.88. The number of carbonyl (C=O) groups excluding carboxylic acids is 1. The van der Waals surface area contributed by atoms with Gasteiger partial charge in [0, 0.05) is 38.4 Å². The summed E-state index contributed by atoms with van der Waals surface area (Å²) in [6.45, 7) is 8.18. The molecular weight excluding hydrogens is 392 g/mol. The Morgan fingerprint density at radius 1 is 1.10 bits per heavy atom. The number of hydrogen-bond donors (Lipinski definition) is 1. The molecule has 0 bridgehead atoms. The summed E-state index contributed by atoms with van der Waals surface area (Å²) in [5, 5.41) is 3.34. The predicted molar refractivity (Wildman–Crippen MR) is 123 cm³/mol. The minimum Gasteiger partial charge on any atom is -0.491 e. The van der Waals surface area contributed by atoms with E-state index in [0.717, 1.165) is 38.5 Å². The van der Waals surface area contributed by atoms with Crippen LogP contribution in [0.4, 0.5) is 0 Å². The first-order valence-electron chi connectivity index (χ1n) is 12.0. The number of piperidine rings is 1. The van der Waals surface area contributed by atoms with Gasteiger partial charge in [0.2, 0.25) is 0 Å². The number of methoxy groups -OCH3 is 1. The molecule has 0 unspecified atom stereocenters. The van der Waals surface area contributed by atoms with Crippen molar-refractivity contribution in [1.82, 2.24) is 10.2 Å². The molecule has 1 aromatic carbocycles. The highest BCUT2D eigenvalue weighted by atomic mass is 16.5. The van der Waals surface area contributed by atoms with Crippen LogP contribution in [0.3, 0.4) is 0 Å². The lowest BCUT2D eigenvalue weighted by atomic mass is 9.83. The van der Waals surface area contributed by atoms with E-state index in [1.165, 1.54) is 38.6 Å². The van der Waals surface area contributed by atoms with Crippen molar-refractivity contribution in [2.45, 2.75) is 51.5 Å². The number of benzene rings is 1. The summed E-state index contributed by atoms with van der Waals surface area (Å²) >= 11 is 0. The zero-order chi connectivity index (χ0) is 21.9. The van der Waals surface area contributed by atoms with Crippen LogP contribution >= 0.6 is 0 Å². The Labute approximate surface area is 187 Å². The number of ether oxygens (including phenoxy) is 3. The summed E-state index contributed by atoms with van der Waals surface area (Å²) in [6, 6.07) is 7.66. The minimum atomic E-state index is 0.0215. The molecule has 6 nitrogen and oxygen atoms in total. The average molecular weight is 433 g/mol. The Kier molecular flexibility index (Phi) is 10.1. The molecule has 1 heterocycles. The second-order valence-electron chi connectivity index (χ2n) is 8.92. The fourth-order valence-electron chi connectivity index (χ4n) is 4.88. The van der Waals surface area contributed by atoms with Crippen molar-refractivity contribution in [2.24, 2.45) is 11.8 Å². The van der Waals surface area contributed by atoms with Crippen LogP contribution in [-0.4, -0.2) is 70.0 Å². The number of nitrogens with zero attached hydrogens (tertiary/aromatic N) is 1. The number of carbonyl (C=O) groups is 1. The summed E-state index contributed by atoms with van der Waals surface area (Å²) in [6.07, 6.45) is 7.25. The summed E-state index contributed by atoms with van der Waals surface area (Å²) in [5.41, 5.74) is 0.693. The first-order valence-corrected chi connectivity index (χ1v) is 12.0. The average Bonchev–Trinajstić information content (AvgIpc) is 2.80. The van der Waals surface area contributed by atoms with Crippen LogP contribution in [0.5, 0.6) is 5.75 Å². The normalized spacial score (nSPS) is 24.6. The molecule has 1 aliphatic heterocycles. The minimum absolute atomic E-state index is 0.0215. The number of likely N-dealkylation sites (tertiary alicyclic amines) is 1. The molecule has 1 N–H and O–H groups in total. The zero-order valence-corrected chi connectivity index (χ0v) is 19.3. The SMILES string of the molecule is CCOC[C@@H]1CCCN(C[C@H]2CCCC[C@@H]2NC(=O)c2ccc(OCCOC)cc2)C1. The second-order valence-corrected chi connectivity index (χ2v) is 8.92. The van der Waals surface area contributed by atoms with Crippen LogP contribution in [0, 0.1) is 11.8 Å². The van der Waals surface area contributed by atoms with E-state index in [1.54, 1.807) is 7.11 Å². The third-order valence-electron chi connectivity index (χ3n) is 6.55. The third kappa shape index (κ3) is 7.78. The van der Waals surface area contributed by atoms with E-state index in [4.69, 9.17) is 14.2 Å². The zero-order valence-electron chi connectivity index (χ0n) is 19.3. The van der Waals surface area contributed by atoms with Crippen molar-refractivity contribution in [1.29, 1.82) is 0 Å². The number of nitrogens with one attached hydrogen (secondary N) is 1. The molecule has 1 amide bonds. The maximum absolute atomic E-state index is 12.9. The van der Waals surface area contributed by atoms with Gasteiger partial charge in [0.05, 0.1) is 13.2 Å². The molecule has 2 aliphatic rings. The van der Waals surface area contributed by atoms with Gasteiger partial charge in [-0.3, -0.25) is 4.79 Å². The van der Waals surface area contributed by atoms with Gasteiger partial charge < -0.3 is 24.4 Å². The van der Waals surface area contributed by atoms with Crippen molar-refractivity contribution in [3.05, 3.63) is 29.8 Å². The molecule has 1 saturated carbocycles. The first kappa shape index (κ1) is 24.0. The van der Waals surface area contributed by atoms with E-state index in [1.807, 2.05) is 24.3 Å². The largest absolute Gasteiger partial charge is 0.491 e. The smallest absolute Gasteiger partial charge is 0.251 e. The van der Waals surface area contributed by atoms with Gasteiger partial charge in [0.25, 0.3) is 5.91 Å². The molecule has 1 saturated heterocycles. The van der Waals surface area contributed by atoms with Crippen LogP contribution in [0.15, 0.2) is 24.3 Å². The van der Waals surface area contributed by atoms with E-state index in [9.17, 15) is 4.79 Å². The van der Waals surface area contributed by atoms with Crippen LogP contribution in [-0.2, 0) is 9.47 Å². The molecule has 3 atom stereocenters. The van der Waals surface area contributed by atoms with E-state index in [2.05, 4.69) is 17.1 Å². The Bertz CT molecular complexity index is 651. The molecule has 1 aromatic rings. The van der Waals surface area contributed by atoms with Crippen LogP contribution in [0.1, 0.15) is 55.8 Å². The van der Waals surface area contributed by atoms with Crippen LogP contribution in [0.25, 0.3) is 0 Å². The van der Waals surface area contributed by atoms with E-state index in [-0.39, 0.29) is 11.9 Å². The van der Waals surface area contributed by atoms with Gasteiger partial charge in [-0.2, -0.15) is 0 Å². The van der Waals surface area contributed by atoms with Gasteiger partial charge in [-0.25, -0.2) is 0 Å². The maximum Gasteiger partial charge on any atom is 0.251 e. The topological polar surface area (TPSA) is 60.0 Å². The lowest BCUT2D eigenvalue weighted by Gasteiger charge is -2.39. The molecule has 0 spiro atoms. The van der Waals surface area contributed by atoms with E-state index >= 15 is 0 Å². The highest BCUT2D eigenvalue weighted by Crippen LogP contribution is 2.28. The van der Waals surface area contributed by atoms with Crippen molar-refractivity contribution in [3.63, 3.8) is 0 Å². The van der Waals surface area contributed by atoms with Crippen molar-refractivity contribution in [2.75, 3.05) is 53.2 Å². The highest BCUT2D eigenvalue weighted by molar-refractivity contribution is 5.94. The lowest BCUT2D eigenvalue weighted by Crippen LogP contribution is -2.48. The second kappa shape index (κ2) is 13.0. The molecular formula is C25H40N2O4. The molecule has 0 radical (unpaired) electrons.